The Hall–Kier alpha value is -1.66. The van der Waals surface area contributed by atoms with Crippen LogP contribution >= 0.6 is 23.1 Å². The second kappa shape index (κ2) is 6.67. The van der Waals surface area contributed by atoms with E-state index in [1.54, 1.807) is 24.9 Å². The maximum absolute atomic E-state index is 11.6. The van der Waals surface area contributed by atoms with Crippen molar-refractivity contribution in [2.24, 2.45) is 0 Å². The quantitative estimate of drug-likeness (QED) is 0.668. The minimum atomic E-state index is -0.321. The number of thioether (sulfide) groups is 1. The van der Waals surface area contributed by atoms with E-state index in [4.69, 9.17) is 9.47 Å². The molecule has 0 aliphatic carbocycles. The van der Waals surface area contributed by atoms with E-state index in [1.165, 1.54) is 18.4 Å². The van der Waals surface area contributed by atoms with Crippen molar-refractivity contribution in [2.75, 3.05) is 25.8 Å². The zero-order valence-corrected chi connectivity index (χ0v) is 13.1. The lowest BCUT2D eigenvalue weighted by Gasteiger charge is -2.10. The molecule has 0 fully saturated rings. The van der Waals surface area contributed by atoms with E-state index in [9.17, 15) is 4.79 Å². The van der Waals surface area contributed by atoms with E-state index >= 15 is 0 Å². The number of thiophene rings is 1. The predicted molar refractivity (Wildman–Crippen MR) is 83.7 cm³/mol. The Bertz CT molecular complexity index is 610. The van der Waals surface area contributed by atoms with Gasteiger partial charge in [-0.25, -0.2) is 4.79 Å². The summed E-state index contributed by atoms with van der Waals surface area (Å²) < 4.78 is 11.1. The van der Waals surface area contributed by atoms with E-state index in [0.29, 0.717) is 4.88 Å². The minimum Gasteiger partial charge on any atom is -0.495 e. The molecule has 1 heterocycles. The number of methoxy groups -OCH3 is 2. The summed E-state index contributed by atoms with van der Waals surface area (Å²) >= 11 is 2.99. The van der Waals surface area contributed by atoms with Crippen LogP contribution < -0.4 is 10.1 Å². The third kappa shape index (κ3) is 3.08. The number of carbonyl (C=O) groups excluding carboxylic acids is 1. The molecule has 0 amide bonds. The molecule has 0 aliphatic heterocycles. The average molecular weight is 309 g/mol. The third-order valence-corrected chi connectivity index (χ3v) is 4.90. The smallest absolute Gasteiger partial charge is 0.348 e. The van der Waals surface area contributed by atoms with Gasteiger partial charge >= 0.3 is 5.97 Å². The molecule has 0 unspecified atom stereocenters. The number of rotatable bonds is 5. The van der Waals surface area contributed by atoms with Crippen molar-refractivity contribution < 1.29 is 14.3 Å². The summed E-state index contributed by atoms with van der Waals surface area (Å²) in [5, 5.41) is 3.30. The number of hydrogen-bond donors (Lipinski definition) is 1. The Kier molecular flexibility index (Phi) is 4.92. The zero-order valence-electron chi connectivity index (χ0n) is 11.4. The van der Waals surface area contributed by atoms with Crippen molar-refractivity contribution in [1.29, 1.82) is 0 Å². The van der Waals surface area contributed by atoms with Crippen LogP contribution in [0.3, 0.4) is 0 Å². The molecular formula is C14H15NO3S2. The molecule has 6 heteroatoms. The van der Waals surface area contributed by atoms with Crippen molar-refractivity contribution in [1.82, 2.24) is 0 Å². The van der Waals surface area contributed by atoms with Crippen LogP contribution in [0.1, 0.15) is 9.67 Å². The van der Waals surface area contributed by atoms with E-state index in [1.807, 2.05) is 30.5 Å². The monoisotopic (exact) mass is 309 g/mol. The molecule has 106 valence electrons. The molecule has 0 spiro atoms. The first-order chi connectivity index (χ1) is 9.69. The highest BCUT2D eigenvalue weighted by atomic mass is 32.2. The van der Waals surface area contributed by atoms with Gasteiger partial charge in [-0.3, -0.25) is 0 Å². The normalized spacial score (nSPS) is 10.2. The molecule has 1 N–H and O–H groups in total. The first-order valence-corrected chi connectivity index (χ1v) is 7.90. The van der Waals surface area contributed by atoms with Gasteiger partial charge in [0.05, 0.1) is 29.8 Å². The fourth-order valence-electron chi connectivity index (χ4n) is 1.71. The molecule has 1 aromatic heterocycles. The number of benzene rings is 1. The number of carbonyl (C=O) groups is 1. The van der Waals surface area contributed by atoms with Gasteiger partial charge in [0.2, 0.25) is 0 Å². The Balaban J connectivity index is 2.33. The molecule has 0 saturated heterocycles. The lowest BCUT2D eigenvalue weighted by Crippen LogP contribution is -1.97. The highest BCUT2D eigenvalue weighted by Crippen LogP contribution is 2.38. The summed E-state index contributed by atoms with van der Waals surface area (Å²) in [5.74, 6) is 0.434. The number of anilines is 2. The number of hydrogen-bond acceptors (Lipinski definition) is 6. The van der Waals surface area contributed by atoms with Gasteiger partial charge in [-0.1, -0.05) is 12.1 Å². The second-order valence-electron chi connectivity index (χ2n) is 3.83. The van der Waals surface area contributed by atoms with E-state index in [-0.39, 0.29) is 5.97 Å². The molecule has 0 bridgehead atoms. The standard InChI is InChI=1S/C14H15NO3S2/c1-17-11-7-5-4-6-9(11)15-10-8-12(13(16)18-2)20-14(10)19-3/h4-8,15H,1-3H3. The molecule has 4 nitrogen and oxygen atoms in total. The molecule has 0 atom stereocenters. The topological polar surface area (TPSA) is 47.6 Å². The van der Waals surface area contributed by atoms with Crippen molar-refractivity contribution in [3.63, 3.8) is 0 Å². The summed E-state index contributed by atoms with van der Waals surface area (Å²) in [7, 11) is 3.01. The fourth-order valence-corrected chi connectivity index (χ4v) is 3.40. The number of esters is 1. The third-order valence-electron chi connectivity index (χ3n) is 2.65. The Morgan fingerprint density at radius 2 is 2.00 bits per heavy atom. The number of ether oxygens (including phenoxy) is 2. The molecule has 1 aromatic carbocycles. The first kappa shape index (κ1) is 14.7. The number of para-hydroxylation sites is 2. The van der Waals surface area contributed by atoms with Crippen LogP contribution in [0.5, 0.6) is 5.75 Å². The minimum absolute atomic E-state index is 0.321. The fraction of sp³-hybridized carbons (Fsp3) is 0.214. The van der Waals surface area contributed by atoms with Crippen LogP contribution in [-0.4, -0.2) is 26.4 Å². The van der Waals surface area contributed by atoms with Gasteiger partial charge in [0.25, 0.3) is 0 Å². The molecule has 0 radical (unpaired) electrons. The summed E-state index contributed by atoms with van der Waals surface area (Å²) in [6.45, 7) is 0. The predicted octanol–water partition coefficient (Wildman–Crippen LogP) is 4.01. The maximum atomic E-state index is 11.6. The molecule has 0 aliphatic rings. The van der Waals surface area contributed by atoms with Gasteiger partial charge in [0.15, 0.2) is 0 Å². The van der Waals surface area contributed by atoms with Crippen molar-refractivity contribution in [2.45, 2.75) is 4.21 Å². The lowest BCUT2D eigenvalue weighted by molar-refractivity contribution is 0.0606. The van der Waals surface area contributed by atoms with Crippen LogP contribution in [0.2, 0.25) is 0 Å². The van der Waals surface area contributed by atoms with Crippen molar-refractivity contribution in [3.05, 3.63) is 35.2 Å². The summed E-state index contributed by atoms with van der Waals surface area (Å²) in [4.78, 5) is 12.2. The maximum Gasteiger partial charge on any atom is 0.348 e. The van der Waals surface area contributed by atoms with Gasteiger partial charge in [-0.2, -0.15) is 0 Å². The van der Waals surface area contributed by atoms with Gasteiger partial charge < -0.3 is 14.8 Å². The van der Waals surface area contributed by atoms with Crippen LogP contribution in [0.4, 0.5) is 11.4 Å². The highest BCUT2D eigenvalue weighted by molar-refractivity contribution is 8.00. The summed E-state index contributed by atoms with van der Waals surface area (Å²) in [6, 6.07) is 9.45. The van der Waals surface area contributed by atoms with Crippen LogP contribution in [0.15, 0.2) is 34.5 Å². The van der Waals surface area contributed by atoms with E-state index in [2.05, 4.69) is 5.32 Å². The van der Waals surface area contributed by atoms with E-state index in [0.717, 1.165) is 21.3 Å². The first-order valence-electron chi connectivity index (χ1n) is 5.85. The van der Waals surface area contributed by atoms with Crippen LogP contribution in [0.25, 0.3) is 0 Å². The van der Waals surface area contributed by atoms with Gasteiger partial charge in [0, 0.05) is 0 Å². The summed E-state index contributed by atoms with van der Waals surface area (Å²) in [5.41, 5.74) is 1.74. The Labute approximate surface area is 126 Å². The highest BCUT2D eigenvalue weighted by Gasteiger charge is 2.15. The van der Waals surface area contributed by atoms with E-state index < -0.39 is 0 Å². The molecule has 2 rings (SSSR count). The molecule has 20 heavy (non-hydrogen) atoms. The van der Waals surface area contributed by atoms with Crippen LogP contribution in [-0.2, 0) is 4.74 Å². The number of nitrogens with one attached hydrogen (secondary N) is 1. The largest absolute Gasteiger partial charge is 0.495 e. The zero-order chi connectivity index (χ0) is 14.5. The summed E-state index contributed by atoms with van der Waals surface area (Å²) in [6.07, 6.45) is 1.97. The van der Waals surface area contributed by atoms with Crippen LogP contribution in [0, 0.1) is 0 Å². The van der Waals surface area contributed by atoms with Crippen molar-refractivity contribution in [3.8, 4) is 5.75 Å². The van der Waals surface area contributed by atoms with Crippen molar-refractivity contribution >= 4 is 40.4 Å². The lowest BCUT2D eigenvalue weighted by atomic mass is 10.3. The SMILES string of the molecule is COC(=O)c1cc(Nc2ccccc2OC)c(SC)s1. The average Bonchev–Trinajstić information content (AvgIpc) is 2.90. The molecular weight excluding hydrogens is 294 g/mol. The second-order valence-corrected chi connectivity index (χ2v) is 5.96. The van der Waals surface area contributed by atoms with Gasteiger partial charge in [-0.05, 0) is 24.5 Å². The Morgan fingerprint density at radius 3 is 2.65 bits per heavy atom. The van der Waals surface area contributed by atoms with Gasteiger partial charge in [-0.15, -0.1) is 23.1 Å². The Morgan fingerprint density at radius 1 is 1.25 bits per heavy atom. The molecule has 2 aromatic rings. The molecule has 0 saturated carbocycles. The van der Waals surface area contributed by atoms with Gasteiger partial charge in [0.1, 0.15) is 10.6 Å².